The molecule has 2 rings (SSSR count). The zero-order chi connectivity index (χ0) is 12.8. The number of rotatable bonds is 0. The molecule has 0 aliphatic heterocycles. The molecule has 0 heterocycles. The van der Waals surface area contributed by atoms with Gasteiger partial charge in [-0.3, -0.25) is 0 Å². The monoisotopic (exact) mass is 226 g/mol. The number of fused-ring (bicyclic) bond motifs is 1. The van der Waals surface area contributed by atoms with Crippen molar-refractivity contribution >= 4 is 10.8 Å². The summed E-state index contributed by atoms with van der Waals surface area (Å²) in [7, 11) is 0. The minimum absolute atomic E-state index is 0.219. The molecule has 0 unspecified atom stereocenters. The molecule has 0 radical (unpaired) electrons. The van der Waals surface area contributed by atoms with E-state index in [4.69, 9.17) is 0 Å². The first-order chi connectivity index (χ1) is 7.79. The highest BCUT2D eigenvalue weighted by Gasteiger charge is 2.15. The molecule has 0 atom stereocenters. The van der Waals surface area contributed by atoms with Crippen LogP contribution in [0.25, 0.3) is 10.8 Å². The molecule has 0 heteroatoms. The van der Waals surface area contributed by atoms with Crippen molar-refractivity contribution < 1.29 is 0 Å². The largest absolute Gasteiger partial charge is 0.0561 e. The molecule has 0 N–H and O–H groups in total. The molecule has 0 spiro atoms. The van der Waals surface area contributed by atoms with Crippen LogP contribution in [-0.4, -0.2) is 0 Å². The fourth-order valence-electron chi connectivity index (χ4n) is 2.44. The molecule has 0 saturated heterocycles. The SMILES string of the molecule is Cc1cc(C)c2cc(C(C)(C)C)cc(C)c2c1. The third-order valence-corrected chi connectivity index (χ3v) is 3.49. The Morgan fingerprint density at radius 1 is 0.706 bits per heavy atom. The van der Waals surface area contributed by atoms with Gasteiger partial charge in [0.05, 0.1) is 0 Å². The minimum atomic E-state index is 0.219. The van der Waals surface area contributed by atoms with Gasteiger partial charge in [0, 0.05) is 0 Å². The molecule has 0 amide bonds. The molecule has 0 saturated carbocycles. The van der Waals surface area contributed by atoms with Crippen molar-refractivity contribution in [3.05, 3.63) is 46.5 Å². The van der Waals surface area contributed by atoms with Gasteiger partial charge < -0.3 is 0 Å². The topological polar surface area (TPSA) is 0 Å². The summed E-state index contributed by atoms with van der Waals surface area (Å²) in [6, 6.07) is 9.26. The van der Waals surface area contributed by atoms with E-state index >= 15 is 0 Å². The highest BCUT2D eigenvalue weighted by Crippen LogP contribution is 2.30. The maximum absolute atomic E-state index is 2.36. The second kappa shape index (κ2) is 3.87. The van der Waals surface area contributed by atoms with Crippen LogP contribution in [0, 0.1) is 20.8 Å². The van der Waals surface area contributed by atoms with Gasteiger partial charge >= 0.3 is 0 Å². The van der Waals surface area contributed by atoms with Gasteiger partial charge in [-0.15, -0.1) is 0 Å². The Labute approximate surface area is 105 Å². The first-order valence-corrected chi connectivity index (χ1v) is 6.31. The first kappa shape index (κ1) is 12.2. The second-order valence-electron chi connectivity index (χ2n) is 6.22. The standard InChI is InChI=1S/C17H22/c1-11-7-12(2)16-10-14(17(4,5)6)9-13(3)15(16)8-11/h7-10H,1-6H3. The third kappa shape index (κ3) is 2.22. The quantitative estimate of drug-likeness (QED) is 0.589. The van der Waals surface area contributed by atoms with Crippen LogP contribution in [0.4, 0.5) is 0 Å². The molecule has 0 nitrogen and oxygen atoms in total. The zero-order valence-corrected chi connectivity index (χ0v) is 11.8. The number of hydrogen-bond donors (Lipinski definition) is 0. The number of benzene rings is 2. The molecule has 0 bridgehead atoms. The summed E-state index contributed by atoms with van der Waals surface area (Å²) in [5.74, 6) is 0. The van der Waals surface area contributed by atoms with Gasteiger partial charge in [0.2, 0.25) is 0 Å². The normalized spacial score (nSPS) is 12.1. The maximum Gasteiger partial charge on any atom is -0.0132 e. The van der Waals surface area contributed by atoms with Crippen molar-refractivity contribution in [2.75, 3.05) is 0 Å². The van der Waals surface area contributed by atoms with E-state index in [0.29, 0.717) is 0 Å². The van der Waals surface area contributed by atoms with Crippen LogP contribution < -0.4 is 0 Å². The van der Waals surface area contributed by atoms with Crippen molar-refractivity contribution in [1.29, 1.82) is 0 Å². The van der Waals surface area contributed by atoms with E-state index in [1.807, 2.05) is 0 Å². The Balaban J connectivity index is 2.83. The van der Waals surface area contributed by atoms with E-state index in [0.717, 1.165) is 0 Å². The summed E-state index contributed by atoms with van der Waals surface area (Å²) < 4.78 is 0. The maximum atomic E-state index is 2.36. The van der Waals surface area contributed by atoms with E-state index < -0.39 is 0 Å². The predicted octanol–water partition coefficient (Wildman–Crippen LogP) is 5.06. The first-order valence-electron chi connectivity index (χ1n) is 6.31. The smallest absolute Gasteiger partial charge is 0.0132 e. The van der Waals surface area contributed by atoms with E-state index in [2.05, 4.69) is 65.8 Å². The van der Waals surface area contributed by atoms with Crippen molar-refractivity contribution in [3.8, 4) is 0 Å². The van der Waals surface area contributed by atoms with Crippen LogP contribution >= 0.6 is 0 Å². The van der Waals surface area contributed by atoms with Crippen molar-refractivity contribution in [2.24, 2.45) is 0 Å². The van der Waals surface area contributed by atoms with Crippen molar-refractivity contribution in [1.82, 2.24) is 0 Å². The molecule has 0 aromatic heterocycles. The van der Waals surface area contributed by atoms with Crippen LogP contribution in [0.5, 0.6) is 0 Å². The average molecular weight is 226 g/mol. The van der Waals surface area contributed by atoms with Crippen LogP contribution in [-0.2, 0) is 5.41 Å². The third-order valence-electron chi connectivity index (χ3n) is 3.49. The Morgan fingerprint density at radius 3 is 1.82 bits per heavy atom. The number of hydrogen-bond acceptors (Lipinski definition) is 0. The van der Waals surface area contributed by atoms with Crippen LogP contribution in [0.3, 0.4) is 0 Å². The summed E-state index contributed by atoms with van der Waals surface area (Å²) in [4.78, 5) is 0. The van der Waals surface area contributed by atoms with Crippen LogP contribution in [0.1, 0.15) is 43.0 Å². The van der Waals surface area contributed by atoms with Gasteiger partial charge in [-0.1, -0.05) is 50.6 Å². The Bertz CT molecular complexity index is 569. The fourth-order valence-corrected chi connectivity index (χ4v) is 2.44. The van der Waals surface area contributed by atoms with Gasteiger partial charge in [0.1, 0.15) is 0 Å². The molecule has 90 valence electrons. The summed E-state index contributed by atoms with van der Waals surface area (Å²) in [5, 5.41) is 2.80. The Kier molecular flexibility index (Phi) is 2.77. The summed E-state index contributed by atoms with van der Waals surface area (Å²) in [6.45, 7) is 13.4. The lowest BCUT2D eigenvalue weighted by Crippen LogP contribution is -2.11. The van der Waals surface area contributed by atoms with Crippen LogP contribution in [0.15, 0.2) is 24.3 Å². The van der Waals surface area contributed by atoms with E-state index in [-0.39, 0.29) is 5.41 Å². The number of aryl methyl sites for hydroxylation is 3. The lowest BCUT2D eigenvalue weighted by molar-refractivity contribution is 0.590. The Morgan fingerprint density at radius 2 is 1.24 bits per heavy atom. The minimum Gasteiger partial charge on any atom is -0.0561 e. The fraction of sp³-hybridized carbons (Fsp3) is 0.412. The van der Waals surface area contributed by atoms with E-state index in [9.17, 15) is 0 Å². The van der Waals surface area contributed by atoms with Gasteiger partial charge in [-0.05, 0) is 53.6 Å². The van der Waals surface area contributed by atoms with E-state index in [1.54, 1.807) is 0 Å². The Hall–Kier alpha value is -1.30. The average Bonchev–Trinajstić information content (AvgIpc) is 2.17. The predicted molar refractivity (Wildman–Crippen MR) is 76.9 cm³/mol. The van der Waals surface area contributed by atoms with Crippen molar-refractivity contribution in [2.45, 2.75) is 47.0 Å². The van der Waals surface area contributed by atoms with Gasteiger partial charge in [-0.2, -0.15) is 0 Å². The van der Waals surface area contributed by atoms with Crippen molar-refractivity contribution in [3.63, 3.8) is 0 Å². The van der Waals surface area contributed by atoms with Gasteiger partial charge in [-0.25, -0.2) is 0 Å². The highest BCUT2D eigenvalue weighted by molar-refractivity contribution is 5.89. The summed E-state index contributed by atoms with van der Waals surface area (Å²) >= 11 is 0. The molecule has 0 aliphatic rings. The molecule has 0 aliphatic carbocycles. The zero-order valence-electron chi connectivity index (χ0n) is 11.8. The van der Waals surface area contributed by atoms with Crippen LogP contribution in [0.2, 0.25) is 0 Å². The lowest BCUT2D eigenvalue weighted by atomic mass is 9.83. The summed E-state index contributed by atoms with van der Waals surface area (Å²) in [5.41, 5.74) is 5.76. The second-order valence-corrected chi connectivity index (χ2v) is 6.22. The molecule has 0 fully saturated rings. The molecule has 2 aromatic rings. The molecular formula is C17H22. The highest BCUT2D eigenvalue weighted by atomic mass is 14.2. The lowest BCUT2D eigenvalue weighted by Gasteiger charge is -2.21. The molecule has 2 aromatic carbocycles. The molecule has 17 heavy (non-hydrogen) atoms. The van der Waals surface area contributed by atoms with Gasteiger partial charge in [0.25, 0.3) is 0 Å². The van der Waals surface area contributed by atoms with Gasteiger partial charge in [0.15, 0.2) is 0 Å². The molecular weight excluding hydrogens is 204 g/mol. The summed E-state index contributed by atoms with van der Waals surface area (Å²) in [6.07, 6.45) is 0. The van der Waals surface area contributed by atoms with E-state index in [1.165, 1.54) is 33.0 Å².